The number of amides is 1. The van der Waals surface area contributed by atoms with Gasteiger partial charge in [0.15, 0.2) is 0 Å². The fourth-order valence-corrected chi connectivity index (χ4v) is 1.72. The molecule has 1 aromatic heterocycles. The van der Waals surface area contributed by atoms with E-state index in [-0.39, 0.29) is 11.9 Å². The van der Waals surface area contributed by atoms with Crippen LogP contribution in [0.25, 0.3) is 0 Å². The van der Waals surface area contributed by atoms with E-state index in [2.05, 4.69) is 33.0 Å². The van der Waals surface area contributed by atoms with Gasteiger partial charge >= 0.3 is 0 Å². The Labute approximate surface area is 90.8 Å². The van der Waals surface area contributed by atoms with Crippen molar-refractivity contribution in [1.29, 1.82) is 0 Å². The highest BCUT2D eigenvalue weighted by atomic mass is 127. The number of aromatic nitrogens is 2. The summed E-state index contributed by atoms with van der Waals surface area (Å²) in [6.07, 6.45) is 1.68. The molecule has 72 valence electrons. The lowest BCUT2D eigenvalue weighted by atomic mass is 10.3. The summed E-state index contributed by atoms with van der Waals surface area (Å²) in [7, 11) is 1.76. The van der Waals surface area contributed by atoms with Crippen LogP contribution < -0.4 is 5.32 Å². The molecule has 0 aromatic carbocycles. The zero-order valence-electron chi connectivity index (χ0n) is 7.84. The third kappa shape index (κ3) is 2.43. The molecule has 0 aliphatic carbocycles. The molecular weight excluding hydrogens is 281 g/mol. The Morgan fingerprint density at radius 1 is 1.69 bits per heavy atom. The molecule has 1 rings (SSSR count). The van der Waals surface area contributed by atoms with Crippen molar-refractivity contribution < 1.29 is 4.79 Å². The van der Waals surface area contributed by atoms with E-state index in [1.165, 1.54) is 0 Å². The Morgan fingerprint density at radius 2 is 2.31 bits per heavy atom. The third-order valence-electron chi connectivity index (χ3n) is 1.53. The largest absolute Gasteiger partial charge is 0.349 e. The molecule has 1 N–H and O–H groups in total. The molecule has 1 aromatic rings. The van der Waals surface area contributed by atoms with E-state index in [0.29, 0.717) is 5.69 Å². The highest BCUT2D eigenvalue weighted by molar-refractivity contribution is 14.1. The number of aryl methyl sites for hydroxylation is 1. The first-order valence-electron chi connectivity index (χ1n) is 4.00. The van der Waals surface area contributed by atoms with Gasteiger partial charge in [-0.2, -0.15) is 5.10 Å². The van der Waals surface area contributed by atoms with Gasteiger partial charge < -0.3 is 5.32 Å². The first-order valence-corrected chi connectivity index (χ1v) is 5.08. The number of carbonyl (C=O) groups excluding carboxylic acids is 1. The highest BCUT2D eigenvalue weighted by Crippen LogP contribution is 2.09. The van der Waals surface area contributed by atoms with Crippen molar-refractivity contribution in [3.05, 3.63) is 15.5 Å². The van der Waals surface area contributed by atoms with Gasteiger partial charge in [-0.15, -0.1) is 0 Å². The number of carbonyl (C=O) groups is 1. The summed E-state index contributed by atoms with van der Waals surface area (Å²) < 4.78 is 2.46. The predicted octanol–water partition coefficient (Wildman–Crippen LogP) is 1.16. The van der Waals surface area contributed by atoms with Gasteiger partial charge in [-0.25, -0.2) is 0 Å². The van der Waals surface area contributed by atoms with Crippen LogP contribution in [-0.4, -0.2) is 21.7 Å². The molecule has 13 heavy (non-hydrogen) atoms. The predicted molar refractivity (Wildman–Crippen MR) is 58.5 cm³/mol. The minimum atomic E-state index is -0.0700. The molecule has 0 saturated carbocycles. The molecule has 0 saturated heterocycles. The summed E-state index contributed by atoms with van der Waals surface area (Å²) in [5.41, 5.74) is 0.620. The lowest BCUT2D eigenvalue weighted by Gasteiger charge is -2.08. The van der Waals surface area contributed by atoms with Crippen molar-refractivity contribution in [2.75, 3.05) is 0 Å². The van der Waals surface area contributed by atoms with Crippen molar-refractivity contribution in [3.8, 4) is 0 Å². The molecule has 0 unspecified atom stereocenters. The van der Waals surface area contributed by atoms with Crippen LogP contribution in [0.5, 0.6) is 0 Å². The lowest BCUT2D eigenvalue weighted by Crippen LogP contribution is -2.32. The van der Waals surface area contributed by atoms with E-state index in [0.717, 1.165) is 3.57 Å². The molecule has 0 radical (unpaired) electrons. The summed E-state index contributed by atoms with van der Waals surface area (Å²) in [4.78, 5) is 11.6. The number of hydrogen-bond acceptors (Lipinski definition) is 2. The van der Waals surface area contributed by atoms with Crippen LogP contribution in [0.3, 0.4) is 0 Å². The van der Waals surface area contributed by atoms with Crippen LogP contribution in [0.4, 0.5) is 0 Å². The number of nitrogens with zero attached hydrogens (tertiary/aromatic N) is 2. The second kappa shape index (κ2) is 4.08. The monoisotopic (exact) mass is 293 g/mol. The van der Waals surface area contributed by atoms with Gasteiger partial charge in [0.05, 0.1) is 9.77 Å². The van der Waals surface area contributed by atoms with Crippen LogP contribution in [0.2, 0.25) is 0 Å². The minimum absolute atomic E-state index is 0.0700. The minimum Gasteiger partial charge on any atom is -0.349 e. The topological polar surface area (TPSA) is 46.9 Å². The number of nitrogens with one attached hydrogen (secondary N) is 1. The van der Waals surface area contributed by atoms with E-state index < -0.39 is 0 Å². The Kier molecular flexibility index (Phi) is 3.29. The van der Waals surface area contributed by atoms with Crippen LogP contribution in [0, 0.1) is 3.57 Å². The number of rotatable bonds is 2. The SMILES string of the molecule is CC(C)NC(=O)c1c(I)cnn1C. The Balaban J connectivity index is 2.88. The van der Waals surface area contributed by atoms with Crippen molar-refractivity contribution in [3.63, 3.8) is 0 Å². The fourth-order valence-electron chi connectivity index (χ4n) is 0.997. The summed E-state index contributed by atoms with van der Waals surface area (Å²) in [5, 5.41) is 6.82. The highest BCUT2D eigenvalue weighted by Gasteiger charge is 2.15. The molecular formula is C8H12IN3O. The standard InChI is InChI=1S/C8H12IN3O/c1-5(2)11-8(13)7-6(9)4-10-12(7)3/h4-5H,1-3H3,(H,11,13). The molecule has 0 bridgehead atoms. The second-order valence-electron chi connectivity index (χ2n) is 3.09. The number of halogens is 1. The summed E-state index contributed by atoms with van der Waals surface area (Å²) in [6.45, 7) is 3.86. The average molecular weight is 293 g/mol. The van der Waals surface area contributed by atoms with Gasteiger partial charge in [-0.05, 0) is 36.4 Å². The van der Waals surface area contributed by atoms with E-state index in [9.17, 15) is 4.79 Å². The average Bonchev–Trinajstić information content (AvgIpc) is 2.29. The summed E-state index contributed by atoms with van der Waals surface area (Å²) in [6, 6.07) is 0.151. The first kappa shape index (κ1) is 10.5. The lowest BCUT2D eigenvalue weighted by molar-refractivity contribution is 0.0932. The van der Waals surface area contributed by atoms with Crippen molar-refractivity contribution in [2.45, 2.75) is 19.9 Å². The molecule has 4 nitrogen and oxygen atoms in total. The van der Waals surface area contributed by atoms with E-state index in [1.54, 1.807) is 17.9 Å². The van der Waals surface area contributed by atoms with Crippen molar-refractivity contribution in [2.24, 2.45) is 7.05 Å². The molecule has 1 amide bonds. The van der Waals surface area contributed by atoms with Gasteiger partial charge in [-0.1, -0.05) is 0 Å². The van der Waals surface area contributed by atoms with E-state index >= 15 is 0 Å². The smallest absolute Gasteiger partial charge is 0.270 e. The van der Waals surface area contributed by atoms with Crippen LogP contribution in [0.1, 0.15) is 24.3 Å². The van der Waals surface area contributed by atoms with Crippen LogP contribution >= 0.6 is 22.6 Å². The van der Waals surface area contributed by atoms with Gasteiger partial charge in [0, 0.05) is 13.1 Å². The normalized spacial score (nSPS) is 10.5. The Hall–Kier alpha value is -0.590. The van der Waals surface area contributed by atoms with Crippen molar-refractivity contribution >= 4 is 28.5 Å². The zero-order chi connectivity index (χ0) is 10.0. The van der Waals surface area contributed by atoms with Crippen LogP contribution in [-0.2, 0) is 7.05 Å². The summed E-state index contributed by atoms with van der Waals surface area (Å²) in [5.74, 6) is -0.0700. The molecule has 0 fully saturated rings. The first-order chi connectivity index (χ1) is 6.02. The molecule has 0 spiro atoms. The molecule has 0 aliphatic rings. The van der Waals surface area contributed by atoms with E-state index in [1.807, 2.05) is 13.8 Å². The maximum atomic E-state index is 11.6. The molecule has 0 aliphatic heterocycles. The van der Waals surface area contributed by atoms with Crippen molar-refractivity contribution in [1.82, 2.24) is 15.1 Å². The van der Waals surface area contributed by atoms with Gasteiger partial charge in [0.1, 0.15) is 5.69 Å². The van der Waals surface area contributed by atoms with Gasteiger partial charge in [0.25, 0.3) is 5.91 Å². The van der Waals surface area contributed by atoms with Gasteiger partial charge in [0.2, 0.25) is 0 Å². The fraction of sp³-hybridized carbons (Fsp3) is 0.500. The second-order valence-corrected chi connectivity index (χ2v) is 4.26. The molecule has 0 atom stereocenters. The molecule has 1 heterocycles. The van der Waals surface area contributed by atoms with E-state index in [4.69, 9.17) is 0 Å². The van der Waals surface area contributed by atoms with Crippen LogP contribution in [0.15, 0.2) is 6.20 Å². The zero-order valence-corrected chi connectivity index (χ0v) is 9.99. The third-order valence-corrected chi connectivity index (χ3v) is 2.32. The Bertz CT molecular complexity index is 300. The maximum absolute atomic E-state index is 11.6. The quantitative estimate of drug-likeness (QED) is 0.832. The number of hydrogen-bond donors (Lipinski definition) is 1. The summed E-state index contributed by atoms with van der Waals surface area (Å²) >= 11 is 2.10. The Morgan fingerprint density at radius 3 is 2.69 bits per heavy atom. The van der Waals surface area contributed by atoms with Gasteiger partial charge in [-0.3, -0.25) is 9.48 Å². The maximum Gasteiger partial charge on any atom is 0.270 e. The molecule has 5 heteroatoms.